The fraction of sp³-hybridized carbons (Fsp3) is 0.333. The topological polar surface area (TPSA) is 46.2 Å². The van der Waals surface area contributed by atoms with Crippen molar-refractivity contribution >= 4 is 50.7 Å². The van der Waals surface area contributed by atoms with Gasteiger partial charge in [0.2, 0.25) is 10.0 Å². The number of halogens is 5. The van der Waals surface area contributed by atoms with Gasteiger partial charge in [0, 0.05) is 10.6 Å². The molecule has 0 saturated carbocycles. The van der Waals surface area contributed by atoms with Crippen molar-refractivity contribution < 1.29 is 21.6 Å². The molecule has 1 atom stereocenters. The molecule has 1 rings (SSSR count). The molecule has 19 heavy (non-hydrogen) atoms. The quantitative estimate of drug-likeness (QED) is 0.646. The van der Waals surface area contributed by atoms with Gasteiger partial charge in [-0.25, -0.2) is 12.8 Å². The number of thioether (sulfide) groups is 1. The van der Waals surface area contributed by atoms with Crippen molar-refractivity contribution in [3.05, 3.63) is 24.3 Å². The molecule has 108 valence electrons. The molecule has 0 saturated heterocycles. The van der Waals surface area contributed by atoms with E-state index in [1.807, 2.05) is 0 Å². The molecule has 0 aliphatic heterocycles. The highest BCUT2D eigenvalue weighted by Crippen LogP contribution is 2.50. The van der Waals surface area contributed by atoms with Crippen LogP contribution in [-0.2, 0) is 10.0 Å². The molecular formula is C9H8Cl2F3NO2S2. The summed E-state index contributed by atoms with van der Waals surface area (Å²) in [5.74, 6) is 0. The van der Waals surface area contributed by atoms with E-state index in [1.165, 1.54) is 24.3 Å². The fourth-order valence-corrected chi connectivity index (χ4v) is 2.64. The normalized spacial score (nSPS) is 15.9. The Balaban J connectivity index is 2.84. The molecule has 0 aliphatic carbocycles. The summed E-state index contributed by atoms with van der Waals surface area (Å²) < 4.78 is 59.2. The lowest BCUT2D eigenvalue weighted by Crippen LogP contribution is -2.30. The molecule has 10 heteroatoms. The number of anilines is 1. The van der Waals surface area contributed by atoms with Crippen LogP contribution >= 0.6 is 35.0 Å². The average molecular weight is 354 g/mol. The number of nitrogens with one attached hydrogen (secondary N) is 1. The van der Waals surface area contributed by atoms with Crippen molar-refractivity contribution in [3.63, 3.8) is 0 Å². The van der Waals surface area contributed by atoms with Gasteiger partial charge in [-0.3, -0.25) is 4.72 Å². The number of hydrogen-bond donors (Lipinski definition) is 1. The van der Waals surface area contributed by atoms with Gasteiger partial charge in [0.25, 0.3) is 0 Å². The second-order valence-electron chi connectivity index (χ2n) is 3.52. The zero-order chi connectivity index (χ0) is 14.9. The second kappa shape index (κ2) is 5.59. The van der Waals surface area contributed by atoms with Crippen LogP contribution in [0.4, 0.5) is 18.9 Å². The second-order valence-corrected chi connectivity index (χ2v) is 7.72. The van der Waals surface area contributed by atoms with Crippen LogP contribution in [0, 0.1) is 0 Å². The Bertz CT molecular complexity index is 544. The zero-order valence-corrected chi connectivity index (χ0v) is 12.5. The largest absolute Gasteiger partial charge is 0.379 e. The molecule has 1 unspecified atom stereocenters. The van der Waals surface area contributed by atoms with Gasteiger partial charge in [0.1, 0.15) is 0 Å². The van der Waals surface area contributed by atoms with Gasteiger partial charge in [0.05, 0.1) is 6.26 Å². The van der Waals surface area contributed by atoms with E-state index in [2.05, 4.69) is 16.3 Å². The fourth-order valence-electron chi connectivity index (χ4n) is 1.01. The van der Waals surface area contributed by atoms with E-state index in [-0.39, 0.29) is 22.3 Å². The minimum Gasteiger partial charge on any atom is -0.284 e. The first-order valence-electron chi connectivity index (χ1n) is 4.62. The molecule has 0 amide bonds. The number of hydrogen-bond acceptors (Lipinski definition) is 3. The predicted octanol–water partition coefficient (Wildman–Crippen LogP) is 3.84. The molecule has 1 aromatic rings. The average Bonchev–Trinajstić information content (AvgIpc) is 2.16. The molecule has 0 spiro atoms. The SMILES string of the molecule is CS(=O)(=O)Nc1ccc(SC(F)(Cl)C(F)(F)Cl)cc1. The molecule has 0 heterocycles. The van der Waals surface area contributed by atoms with Crippen LogP contribution in [0.1, 0.15) is 0 Å². The first-order valence-corrected chi connectivity index (χ1v) is 8.08. The standard InChI is InChI=1S/C9H8Cl2F3NO2S2/c1-19(16,17)15-6-2-4-7(5-3-6)18-9(11,14)8(10,12)13/h2-5,15H,1H3. The Morgan fingerprint density at radius 1 is 1.16 bits per heavy atom. The summed E-state index contributed by atoms with van der Waals surface area (Å²) in [6, 6.07) is 5.03. The van der Waals surface area contributed by atoms with Crippen molar-refractivity contribution in [3.8, 4) is 0 Å². The minimum atomic E-state index is -4.25. The summed E-state index contributed by atoms with van der Waals surface area (Å²) in [5.41, 5.74) is 0.212. The molecule has 0 aliphatic rings. The summed E-state index contributed by atoms with van der Waals surface area (Å²) in [5, 5.41) is -4.25. The lowest BCUT2D eigenvalue weighted by Gasteiger charge is -2.21. The Labute approximate surface area is 122 Å². The first-order chi connectivity index (χ1) is 8.41. The van der Waals surface area contributed by atoms with E-state index in [1.54, 1.807) is 0 Å². The van der Waals surface area contributed by atoms with Crippen molar-refractivity contribution in [1.82, 2.24) is 0 Å². The third kappa shape index (κ3) is 5.29. The Morgan fingerprint density at radius 2 is 1.63 bits per heavy atom. The molecule has 0 aromatic heterocycles. The smallest absolute Gasteiger partial charge is 0.284 e. The number of benzene rings is 1. The van der Waals surface area contributed by atoms with Crippen LogP contribution in [-0.4, -0.2) is 24.5 Å². The van der Waals surface area contributed by atoms with Gasteiger partial charge in [-0.15, -0.1) is 0 Å². The minimum absolute atomic E-state index is 0.0191. The Morgan fingerprint density at radius 3 is 2.00 bits per heavy atom. The van der Waals surface area contributed by atoms with Crippen LogP contribution in [0.15, 0.2) is 29.2 Å². The van der Waals surface area contributed by atoms with Crippen molar-refractivity contribution in [2.75, 3.05) is 11.0 Å². The maximum absolute atomic E-state index is 13.4. The van der Waals surface area contributed by atoms with Gasteiger partial charge in [-0.05, 0) is 35.9 Å². The van der Waals surface area contributed by atoms with E-state index >= 15 is 0 Å². The molecule has 0 fully saturated rings. The number of alkyl halides is 5. The van der Waals surface area contributed by atoms with Crippen molar-refractivity contribution in [2.24, 2.45) is 0 Å². The summed E-state index contributed by atoms with van der Waals surface area (Å²) in [6.45, 7) is 0. The van der Waals surface area contributed by atoms with Gasteiger partial charge < -0.3 is 0 Å². The van der Waals surface area contributed by atoms with Gasteiger partial charge >= 0.3 is 9.84 Å². The summed E-state index contributed by atoms with van der Waals surface area (Å²) in [7, 11) is -3.45. The maximum Gasteiger partial charge on any atom is 0.379 e. The predicted molar refractivity (Wildman–Crippen MR) is 71.3 cm³/mol. The lowest BCUT2D eigenvalue weighted by molar-refractivity contribution is 0.0281. The number of rotatable bonds is 5. The molecule has 0 radical (unpaired) electrons. The highest BCUT2D eigenvalue weighted by molar-refractivity contribution is 8.01. The lowest BCUT2D eigenvalue weighted by atomic mass is 10.3. The van der Waals surface area contributed by atoms with Crippen LogP contribution in [0.3, 0.4) is 0 Å². The highest BCUT2D eigenvalue weighted by atomic mass is 35.5. The monoisotopic (exact) mass is 353 g/mol. The van der Waals surface area contributed by atoms with Gasteiger partial charge in [-0.1, -0.05) is 23.4 Å². The third-order valence-electron chi connectivity index (χ3n) is 1.73. The van der Waals surface area contributed by atoms with Crippen LogP contribution in [0.2, 0.25) is 0 Å². The Kier molecular flexibility index (Phi) is 4.93. The molecular weight excluding hydrogens is 346 g/mol. The molecule has 1 aromatic carbocycles. The maximum atomic E-state index is 13.4. The van der Waals surface area contributed by atoms with Gasteiger partial charge in [0.15, 0.2) is 0 Å². The van der Waals surface area contributed by atoms with Crippen LogP contribution < -0.4 is 4.72 Å². The van der Waals surface area contributed by atoms with Crippen LogP contribution in [0.5, 0.6) is 0 Å². The zero-order valence-electron chi connectivity index (χ0n) is 9.33. The summed E-state index contributed by atoms with van der Waals surface area (Å²) >= 11 is 9.56. The van der Waals surface area contributed by atoms with Crippen molar-refractivity contribution in [1.29, 1.82) is 0 Å². The van der Waals surface area contributed by atoms with E-state index in [4.69, 9.17) is 11.6 Å². The third-order valence-corrected chi connectivity index (χ3v) is 4.30. The van der Waals surface area contributed by atoms with E-state index in [9.17, 15) is 21.6 Å². The van der Waals surface area contributed by atoms with Gasteiger partial charge in [-0.2, -0.15) is 8.78 Å². The van der Waals surface area contributed by atoms with E-state index < -0.39 is 19.9 Å². The van der Waals surface area contributed by atoms with Crippen LogP contribution in [0.25, 0.3) is 0 Å². The Hall–Kier alpha value is -0.310. The summed E-state index contributed by atoms with van der Waals surface area (Å²) in [6.07, 6.45) is 0.953. The highest BCUT2D eigenvalue weighted by Gasteiger charge is 2.53. The van der Waals surface area contributed by atoms with E-state index in [0.29, 0.717) is 0 Å². The molecule has 1 N–H and O–H groups in total. The first kappa shape index (κ1) is 16.7. The van der Waals surface area contributed by atoms with E-state index in [0.717, 1.165) is 6.26 Å². The number of sulfonamides is 1. The molecule has 3 nitrogen and oxygen atoms in total. The molecule has 0 bridgehead atoms. The van der Waals surface area contributed by atoms with Crippen molar-refractivity contribution in [2.45, 2.75) is 14.7 Å². The summed E-state index contributed by atoms with van der Waals surface area (Å²) in [4.78, 5) is 0.0666.